The molecule has 0 aliphatic heterocycles. The predicted molar refractivity (Wildman–Crippen MR) is 45.8 cm³/mol. The van der Waals surface area contributed by atoms with E-state index >= 15 is 0 Å². The van der Waals surface area contributed by atoms with Crippen LogP contribution < -0.4 is 5.32 Å². The summed E-state index contributed by atoms with van der Waals surface area (Å²) in [5, 5.41) is 3.07. The minimum Gasteiger partial charge on any atom is -0.319 e. The van der Waals surface area contributed by atoms with Gasteiger partial charge < -0.3 is 5.32 Å². The van der Waals surface area contributed by atoms with Gasteiger partial charge in [-0.2, -0.15) is 0 Å². The van der Waals surface area contributed by atoms with E-state index in [-0.39, 0.29) is 0 Å². The molecule has 0 aromatic carbocycles. The number of rotatable bonds is 4. The van der Waals surface area contributed by atoms with Crippen LogP contribution in [0.15, 0.2) is 11.6 Å². The molecule has 0 saturated heterocycles. The Kier molecular flexibility index (Phi) is 5.91. The molecule has 0 saturated carbocycles. The standard InChI is InChI=1S/C9H15N/c1-4-6-9(2)7-5-8-10-3/h1,7,10H,5-6,8H2,2-3H3/b9-7-. The first kappa shape index (κ1) is 9.26. The maximum absolute atomic E-state index is 5.13. The third-order valence-electron chi connectivity index (χ3n) is 1.27. The zero-order chi connectivity index (χ0) is 7.82. The summed E-state index contributed by atoms with van der Waals surface area (Å²) >= 11 is 0. The van der Waals surface area contributed by atoms with Gasteiger partial charge in [0.25, 0.3) is 0 Å². The van der Waals surface area contributed by atoms with Crippen molar-refractivity contribution < 1.29 is 0 Å². The maximum Gasteiger partial charge on any atom is 0.0293 e. The molecule has 0 rings (SSSR count). The summed E-state index contributed by atoms with van der Waals surface area (Å²) in [6, 6.07) is 0. The van der Waals surface area contributed by atoms with Crippen LogP contribution in [0, 0.1) is 12.3 Å². The molecule has 0 unspecified atom stereocenters. The number of hydrogen-bond donors (Lipinski definition) is 1. The lowest BCUT2D eigenvalue weighted by Gasteiger charge is -1.94. The van der Waals surface area contributed by atoms with Gasteiger partial charge in [-0.3, -0.25) is 0 Å². The van der Waals surface area contributed by atoms with Crippen molar-refractivity contribution in [2.75, 3.05) is 13.6 Å². The van der Waals surface area contributed by atoms with E-state index in [1.54, 1.807) is 0 Å². The largest absolute Gasteiger partial charge is 0.319 e. The van der Waals surface area contributed by atoms with Gasteiger partial charge >= 0.3 is 0 Å². The Balaban J connectivity index is 3.40. The normalized spacial score (nSPS) is 11.1. The number of allylic oxidation sites excluding steroid dienone is 1. The highest BCUT2D eigenvalue weighted by molar-refractivity contribution is 5.07. The van der Waals surface area contributed by atoms with E-state index < -0.39 is 0 Å². The first-order valence-electron chi connectivity index (χ1n) is 3.55. The molecule has 0 fully saturated rings. The first-order valence-corrected chi connectivity index (χ1v) is 3.55. The smallest absolute Gasteiger partial charge is 0.0293 e. The molecule has 1 nitrogen and oxygen atoms in total. The highest BCUT2D eigenvalue weighted by atomic mass is 14.8. The second-order valence-electron chi connectivity index (χ2n) is 2.32. The number of nitrogens with one attached hydrogen (secondary N) is 1. The van der Waals surface area contributed by atoms with Gasteiger partial charge in [-0.05, 0) is 26.9 Å². The van der Waals surface area contributed by atoms with E-state index in [9.17, 15) is 0 Å². The van der Waals surface area contributed by atoms with Gasteiger partial charge in [0.15, 0.2) is 0 Å². The second kappa shape index (κ2) is 6.38. The van der Waals surface area contributed by atoms with Crippen LogP contribution in [0.25, 0.3) is 0 Å². The zero-order valence-electron chi connectivity index (χ0n) is 6.78. The molecule has 0 aromatic rings. The van der Waals surface area contributed by atoms with Gasteiger partial charge in [-0.1, -0.05) is 11.6 Å². The van der Waals surface area contributed by atoms with Crippen molar-refractivity contribution in [3.05, 3.63) is 11.6 Å². The molecule has 0 aliphatic rings. The highest BCUT2D eigenvalue weighted by Gasteiger charge is 1.83. The quantitative estimate of drug-likeness (QED) is 0.352. The summed E-state index contributed by atoms with van der Waals surface area (Å²) in [7, 11) is 1.95. The van der Waals surface area contributed by atoms with E-state index in [1.807, 2.05) is 7.05 Å². The summed E-state index contributed by atoms with van der Waals surface area (Å²) in [4.78, 5) is 0. The average molecular weight is 137 g/mol. The van der Waals surface area contributed by atoms with Crippen LogP contribution in [0.5, 0.6) is 0 Å². The lowest BCUT2D eigenvalue weighted by atomic mass is 10.2. The molecular formula is C9H15N. The molecule has 0 aliphatic carbocycles. The molecular weight excluding hydrogens is 122 g/mol. The summed E-state index contributed by atoms with van der Waals surface area (Å²) in [6.45, 7) is 3.09. The van der Waals surface area contributed by atoms with Crippen molar-refractivity contribution in [3.63, 3.8) is 0 Å². The van der Waals surface area contributed by atoms with Crippen LogP contribution >= 0.6 is 0 Å². The van der Waals surface area contributed by atoms with Gasteiger partial charge in [0.2, 0.25) is 0 Å². The molecule has 0 aromatic heterocycles. The molecule has 1 heteroatoms. The fourth-order valence-electron chi connectivity index (χ4n) is 0.696. The summed E-state index contributed by atoms with van der Waals surface area (Å²) in [5.74, 6) is 2.61. The first-order chi connectivity index (χ1) is 4.81. The lowest BCUT2D eigenvalue weighted by Crippen LogP contribution is -2.05. The van der Waals surface area contributed by atoms with Gasteiger partial charge in [0, 0.05) is 6.42 Å². The van der Waals surface area contributed by atoms with Crippen molar-refractivity contribution in [3.8, 4) is 12.3 Å². The monoisotopic (exact) mass is 137 g/mol. The molecule has 10 heavy (non-hydrogen) atoms. The Morgan fingerprint density at radius 3 is 2.90 bits per heavy atom. The van der Waals surface area contributed by atoms with Crippen LogP contribution in [-0.4, -0.2) is 13.6 Å². The van der Waals surface area contributed by atoms with Gasteiger partial charge in [-0.25, -0.2) is 0 Å². The second-order valence-corrected chi connectivity index (χ2v) is 2.32. The van der Waals surface area contributed by atoms with Crippen molar-refractivity contribution in [1.82, 2.24) is 5.32 Å². The third kappa shape index (κ3) is 5.40. The number of hydrogen-bond acceptors (Lipinski definition) is 1. The van der Waals surface area contributed by atoms with Crippen molar-refractivity contribution in [2.45, 2.75) is 19.8 Å². The molecule has 1 N–H and O–H groups in total. The average Bonchev–Trinajstić information content (AvgIpc) is 1.89. The van der Waals surface area contributed by atoms with Crippen molar-refractivity contribution in [2.24, 2.45) is 0 Å². The maximum atomic E-state index is 5.13. The third-order valence-corrected chi connectivity index (χ3v) is 1.27. The van der Waals surface area contributed by atoms with Crippen LogP contribution in [0.3, 0.4) is 0 Å². The van der Waals surface area contributed by atoms with Gasteiger partial charge in [0.05, 0.1) is 0 Å². The number of terminal acetylenes is 1. The highest BCUT2D eigenvalue weighted by Crippen LogP contribution is 1.98. The Bertz CT molecular complexity index is 139. The Hall–Kier alpha value is -0.740. The minimum absolute atomic E-state index is 0.781. The lowest BCUT2D eigenvalue weighted by molar-refractivity contribution is 0.803. The minimum atomic E-state index is 0.781. The fourth-order valence-corrected chi connectivity index (χ4v) is 0.696. The van der Waals surface area contributed by atoms with E-state index in [0.29, 0.717) is 0 Å². The summed E-state index contributed by atoms with van der Waals surface area (Å²) in [5.41, 5.74) is 1.29. The Labute approximate surface area is 63.5 Å². The molecule has 0 radical (unpaired) electrons. The van der Waals surface area contributed by atoms with E-state index in [1.165, 1.54) is 5.57 Å². The molecule has 0 heterocycles. The topological polar surface area (TPSA) is 12.0 Å². The van der Waals surface area contributed by atoms with E-state index in [2.05, 4.69) is 24.2 Å². The van der Waals surface area contributed by atoms with Crippen molar-refractivity contribution in [1.29, 1.82) is 0 Å². The van der Waals surface area contributed by atoms with E-state index in [0.717, 1.165) is 19.4 Å². The van der Waals surface area contributed by atoms with Crippen LogP contribution in [0.1, 0.15) is 19.8 Å². The van der Waals surface area contributed by atoms with Crippen LogP contribution in [0.4, 0.5) is 0 Å². The van der Waals surface area contributed by atoms with Gasteiger partial charge in [-0.15, -0.1) is 12.3 Å². The molecule has 56 valence electrons. The molecule has 0 bridgehead atoms. The van der Waals surface area contributed by atoms with Crippen molar-refractivity contribution >= 4 is 0 Å². The van der Waals surface area contributed by atoms with Gasteiger partial charge in [0.1, 0.15) is 0 Å². The Morgan fingerprint density at radius 2 is 2.40 bits per heavy atom. The Morgan fingerprint density at radius 1 is 1.70 bits per heavy atom. The fraction of sp³-hybridized carbons (Fsp3) is 0.556. The summed E-state index contributed by atoms with van der Waals surface area (Å²) in [6.07, 6.45) is 9.16. The SMILES string of the molecule is C#CC/C(C)=C\CCNC. The van der Waals surface area contributed by atoms with Crippen LogP contribution in [-0.2, 0) is 0 Å². The molecule has 0 atom stereocenters. The molecule has 0 amide bonds. The molecule has 0 spiro atoms. The van der Waals surface area contributed by atoms with E-state index in [4.69, 9.17) is 6.42 Å². The van der Waals surface area contributed by atoms with Crippen LogP contribution in [0.2, 0.25) is 0 Å². The summed E-state index contributed by atoms with van der Waals surface area (Å²) < 4.78 is 0. The zero-order valence-corrected chi connectivity index (χ0v) is 6.78. The predicted octanol–water partition coefficient (Wildman–Crippen LogP) is 1.57.